The van der Waals surface area contributed by atoms with Crippen molar-refractivity contribution in [3.63, 3.8) is 0 Å². The van der Waals surface area contributed by atoms with Crippen LogP contribution in [0.1, 0.15) is 47.5 Å². The van der Waals surface area contributed by atoms with Crippen molar-refractivity contribution >= 4 is 11.3 Å². The van der Waals surface area contributed by atoms with Crippen LogP contribution in [0.15, 0.2) is 24.3 Å². The minimum absolute atomic E-state index is 0.214. The van der Waals surface area contributed by atoms with Crippen LogP contribution < -0.4 is 5.73 Å². The third-order valence-corrected chi connectivity index (χ3v) is 4.48. The number of hydrogen-bond acceptors (Lipinski definition) is 3. The zero-order valence-electron chi connectivity index (χ0n) is 12.2. The predicted molar refractivity (Wildman–Crippen MR) is 82.7 cm³/mol. The molecule has 0 radical (unpaired) electrons. The van der Waals surface area contributed by atoms with Gasteiger partial charge in [-0.15, -0.1) is 11.3 Å². The minimum atomic E-state index is 0.214. The molecule has 0 atom stereocenters. The van der Waals surface area contributed by atoms with E-state index in [2.05, 4.69) is 56.9 Å². The Kier molecular flexibility index (Phi) is 4.07. The summed E-state index contributed by atoms with van der Waals surface area (Å²) in [6.45, 7) is 9.32. The summed E-state index contributed by atoms with van der Waals surface area (Å²) in [5, 5.41) is 1.03. The van der Waals surface area contributed by atoms with Gasteiger partial charge in [0.05, 0.1) is 5.69 Å². The van der Waals surface area contributed by atoms with Crippen molar-refractivity contribution in [3.8, 4) is 0 Å². The topological polar surface area (TPSA) is 38.9 Å². The molecular formula is C16H22N2S. The fraction of sp³-hybridized carbons (Fsp3) is 0.438. The summed E-state index contributed by atoms with van der Waals surface area (Å²) in [5.74, 6) is 0. The average molecular weight is 274 g/mol. The van der Waals surface area contributed by atoms with Gasteiger partial charge in [-0.25, -0.2) is 4.98 Å². The van der Waals surface area contributed by atoms with Crippen molar-refractivity contribution in [2.75, 3.05) is 0 Å². The maximum absolute atomic E-state index is 5.64. The number of nitrogens with two attached hydrogens (primary N) is 1. The summed E-state index contributed by atoms with van der Waals surface area (Å²) in [7, 11) is 0. The highest BCUT2D eigenvalue weighted by molar-refractivity contribution is 7.11. The number of thiazole rings is 1. The molecule has 2 nitrogen and oxygen atoms in total. The second-order valence-electron chi connectivity index (χ2n) is 5.94. The van der Waals surface area contributed by atoms with Crippen molar-refractivity contribution in [2.24, 2.45) is 5.73 Å². The number of benzene rings is 1. The molecule has 2 aromatic rings. The van der Waals surface area contributed by atoms with E-state index in [-0.39, 0.29) is 5.41 Å². The quantitative estimate of drug-likeness (QED) is 0.924. The molecular weight excluding hydrogens is 252 g/mol. The van der Waals surface area contributed by atoms with Crippen LogP contribution in [0.25, 0.3) is 0 Å². The maximum Gasteiger partial charge on any atom is 0.107 e. The lowest BCUT2D eigenvalue weighted by molar-refractivity contribution is 0.590. The molecule has 0 amide bonds. The van der Waals surface area contributed by atoms with Gasteiger partial charge in [0.25, 0.3) is 0 Å². The fourth-order valence-electron chi connectivity index (χ4n) is 2.05. The van der Waals surface area contributed by atoms with Crippen molar-refractivity contribution in [3.05, 3.63) is 51.0 Å². The lowest BCUT2D eigenvalue weighted by atomic mass is 9.86. The maximum atomic E-state index is 5.64. The normalized spacial score (nSPS) is 11.8. The Labute approximate surface area is 119 Å². The smallest absolute Gasteiger partial charge is 0.107 e. The number of nitrogens with zero attached hydrogens (tertiary/aromatic N) is 1. The standard InChI is InChI=1S/C16H22N2S/c1-11-14(19-15(10-17)18-11)9-12-5-7-13(8-6-12)16(2,3)4/h5-8H,9-10,17H2,1-4H3. The molecule has 0 aliphatic rings. The lowest BCUT2D eigenvalue weighted by Gasteiger charge is -2.19. The molecule has 1 aromatic carbocycles. The summed E-state index contributed by atoms with van der Waals surface area (Å²) in [4.78, 5) is 5.80. The van der Waals surface area contributed by atoms with Gasteiger partial charge in [0.2, 0.25) is 0 Å². The molecule has 2 rings (SSSR count). The lowest BCUT2D eigenvalue weighted by Crippen LogP contribution is -2.10. The number of aryl methyl sites for hydroxylation is 1. The zero-order chi connectivity index (χ0) is 14.0. The molecule has 0 bridgehead atoms. The van der Waals surface area contributed by atoms with E-state index in [0.29, 0.717) is 6.54 Å². The van der Waals surface area contributed by atoms with E-state index in [4.69, 9.17) is 5.73 Å². The van der Waals surface area contributed by atoms with Crippen molar-refractivity contribution in [2.45, 2.75) is 46.1 Å². The van der Waals surface area contributed by atoms with Crippen molar-refractivity contribution in [1.82, 2.24) is 4.98 Å². The largest absolute Gasteiger partial charge is 0.325 e. The first-order valence-electron chi connectivity index (χ1n) is 6.65. The Bertz CT molecular complexity index is 547. The number of hydrogen-bond donors (Lipinski definition) is 1. The van der Waals surface area contributed by atoms with Crippen LogP contribution in [0.2, 0.25) is 0 Å². The molecule has 0 saturated carbocycles. The van der Waals surface area contributed by atoms with E-state index in [1.807, 2.05) is 0 Å². The first kappa shape index (κ1) is 14.2. The second-order valence-corrected chi connectivity index (χ2v) is 7.11. The molecule has 0 spiro atoms. The molecule has 19 heavy (non-hydrogen) atoms. The van der Waals surface area contributed by atoms with Gasteiger partial charge in [-0.2, -0.15) is 0 Å². The van der Waals surface area contributed by atoms with E-state index in [9.17, 15) is 0 Å². The van der Waals surface area contributed by atoms with Crippen LogP contribution in [0.3, 0.4) is 0 Å². The van der Waals surface area contributed by atoms with Gasteiger partial charge in [0.1, 0.15) is 5.01 Å². The van der Waals surface area contributed by atoms with E-state index >= 15 is 0 Å². The van der Waals surface area contributed by atoms with Crippen LogP contribution >= 0.6 is 11.3 Å². The first-order chi connectivity index (χ1) is 8.90. The molecule has 0 unspecified atom stereocenters. The second kappa shape index (κ2) is 5.43. The first-order valence-corrected chi connectivity index (χ1v) is 7.46. The summed E-state index contributed by atoms with van der Waals surface area (Å²) < 4.78 is 0. The Morgan fingerprint density at radius 1 is 1.16 bits per heavy atom. The Hall–Kier alpha value is -1.19. The van der Waals surface area contributed by atoms with Crippen molar-refractivity contribution < 1.29 is 0 Å². The monoisotopic (exact) mass is 274 g/mol. The van der Waals surface area contributed by atoms with Gasteiger partial charge in [0, 0.05) is 17.8 Å². The Balaban J connectivity index is 2.17. The van der Waals surface area contributed by atoms with Gasteiger partial charge < -0.3 is 5.73 Å². The SMILES string of the molecule is Cc1nc(CN)sc1Cc1ccc(C(C)(C)C)cc1. The van der Waals surface area contributed by atoms with Gasteiger partial charge in [-0.3, -0.25) is 0 Å². The summed E-state index contributed by atoms with van der Waals surface area (Å²) in [6, 6.07) is 8.91. The highest BCUT2D eigenvalue weighted by Gasteiger charge is 2.13. The third kappa shape index (κ3) is 3.43. The molecule has 0 fully saturated rings. The molecule has 102 valence electrons. The van der Waals surface area contributed by atoms with E-state index in [1.54, 1.807) is 11.3 Å². The van der Waals surface area contributed by atoms with Crippen LogP contribution in [-0.2, 0) is 18.4 Å². The third-order valence-electron chi connectivity index (χ3n) is 3.30. The molecule has 0 aliphatic carbocycles. The molecule has 3 heteroatoms. The number of aromatic nitrogens is 1. The molecule has 1 heterocycles. The summed E-state index contributed by atoms with van der Waals surface area (Å²) in [6.07, 6.45) is 0.952. The van der Waals surface area contributed by atoms with Crippen molar-refractivity contribution in [1.29, 1.82) is 0 Å². The predicted octanol–water partition coefficient (Wildman–Crippen LogP) is 3.80. The van der Waals surface area contributed by atoms with Gasteiger partial charge in [0.15, 0.2) is 0 Å². The van der Waals surface area contributed by atoms with Crippen LogP contribution in [0.4, 0.5) is 0 Å². The van der Waals surface area contributed by atoms with Gasteiger partial charge in [-0.05, 0) is 23.5 Å². The molecule has 2 N–H and O–H groups in total. The summed E-state index contributed by atoms with van der Waals surface area (Å²) >= 11 is 1.73. The summed E-state index contributed by atoms with van der Waals surface area (Å²) in [5.41, 5.74) is 9.68. The fourth-order valence-corrected chi connectivity index (χ4v) is 3.03. The van der Waals surface area contributed by atoms with E-state index in [1.165, 1.54) is 16.0 Å². The van der Waals surface area contributed by atoms with Crippen LogP contribution in [0.5, 0.6) is 0 Å². The van der Waals surface area contributed by atoms with Crippen LogP contribution in [-0.4, -0.2) is 4.98 Å². The van der Waals surface area contributed by atoms with Gasteiger partial charge in [-0.1, -0.05) is 45.0 Å². The zero-order valence-corrected chi connectivity index (χ0v) is 13.0. The minimum Gasteiger partial charge on any atom is -0.325 e. The van der Waals surface area contributed by atoms with E-state index < -0.39 is 0 Å². The Morgan fingerprint density at radius 2 is 1.79 bits per heavy atom. The average Bonchev–Trinajstić information content (AvgIpc) is 2.70. The molecule has 1 aromatic heterocycles. The number of rotatable bonds is 3. The molecule has 0 saturated heterocycles. The van der Waals surface area contributed by atoms with Crippen LogP contribution in [0, 0.1) is 6.92 Å². The van der Waals surface area contributed by atoms with Gasteiger partial charge >= 0.3 is 0 Å². The Morgan fingerprint density at radius 3 is 2.26 bits per heavy atom. The highest BCUT2D eigenvalue weighted by atomic mass is 32.1. The molecule has 0 aliphatic heterocycles. The highest BCUT2D eigenvalue weighted by Crippen LogP contribution is 2.25. The van der Waals surface area contributed by atoms with E-state index in [0.717, 1.165) is 17.1 Å².